The highest BCUT2D eigenvalue weighted by Gasteiger charge is 2.21. The molecule has 1 aliphatic rings. The highest BCUT2D eigenvalue weighted by Crippen LogP contribution is 2.30. The minimum Gasteiger partial charge on any atom is -0.494 e. The zero-order valence-corrected chi connectivity index (χ0v) is 16.0. The lowest BCUT2D eigenvalue weighted by Crippen LogP contribution is -2.27. The van der Waals surface area contributed by atoms with Crippen LogP contribution in [0.25, 0.3) is 6.08 Å². The fourth-order valence-electron chi connectivity index (χ4n) is 2.78. The summed E-state index contributed by atoms with van der Waals surface area (Å²) in [7, 11) is 2.91. The van der Waals surface area contributed by atoms with Crippen molar-refractivity contribution in [3.05, 3.63) is 59.2 Å². The maximum atomic E-state index is 12.8. The highest BCUT2D eigenvalue weighted by atomic mass is 16.7. The summed E-state index contributed by atoms with van der Waals surface area (Å²) < 4.78 is 11.2. The molecule has 0 aliphatic carbocycles. The Morgan fingerprint density at radius 1 is 1.21 bits per heavy atom. The number of para-hydroxylation sites is 1. The molecule has 1 aliphatic heterocycles. The van der Waals surface area contributed by atoms with Crippen LogP contribution < -0.4 is 14.8 Å². The fourth-order valence-corrected chi connectivity index (χ4v) is 2.78. The molecule has 0 fully saturated rings. The van der Waals surface area contributed by atoms with E-state index in [2.05, 4.69) is 5.32 Å². The number of nitrogens with one attached hydrogen (secondary N) is 1. The van der Waals surface area contributed by atoms with Gasteiger partial charge in [-0.15, -0.1) is 0 Å². The first-order valence-electron chi connectivity index (χ1n) is 8.86. The van der Waals surface area contributed by atoms with Crippen molar-refractivity contribution in [2.75, 3.05) is 32.7 Å². The molecule has 0 radical (unpaired) electrons. The second-order valence-electron chi connectivity index (χ2n) is 6.08. The number of amides is 2. The van der Waals surface area contributed by atoms with Crippen LogP contribution in [0.3, 0.4) is 0 Å². The van der Waals surface area contributed by atoms with Gasteiger partial charge in [0.05, 0.1) is 30.5 Å². The fraction of sp³-hybridized carbons (Fsp3) is 0.238. The Labute approximate surface area is 163 Å². The Hall–Kier alpha value is -3.32. The summed E-state index contributed by atoms with van der Waals surface area (Å²) in [4.78, 5) is 30.1. The lowest BCUT2D eigenvalue weighted by atomic mass is 10.1. The van der Waals surface area contributed by atoms with Crippen LogP contribution in [0.2, 0.25) is 0 Å². The minimum absolute atomic E-state index is 0.140. The van der Waals surface area contributed by atoms with E-state index in [1.54, 1.807) is 30.3 Å². The van der Waals surface area contributed by atoms with Gasteiger partial charge in [-0.05, 0) is 43.3 Å². The van der Waals surface area contributed by atoms with Crippen LogP contribution in [-0.4, -0.2) is 44.2 Å². The monoisotopic (exact) mass is 382 g/mol. The van der Waals surface area contributed by atoms with Crippen molar-refractivity contribution in [3.63, 3.8) is 0 Å². The third-order valence-corrected chi connectivity index (χ3v) is 4.26. The first-order valence-corrected chi connectivity index (χ1v) is 8.86. The van der Waals surface area contributed by atoms with Crippen LogP contribution >= 0.6 is 0 Å². The molecule has 2 amide bonds. The summed E-state index contributed by atoms with van der Waals surface area (Å²) >= 11 is 0. The summed E-state index contributed by atoms with van der Waals surface area (Å²) in [6, 6.07) is 12.2. The van der Waals surface area contributed by atoms with Crippen molar-refractivity contribution < 1.29 is 23.9 Å². The van der Waals surface area contributed by atoms with Crippen molar-refractivity contribution in [3.8, 4) is 11.5 Å². The molecule has 2 aromatic rings. The van der Waals surface area contributed by atoms with Crippen LogP contribution in [0.4, 0.5) is 5.69 Å². The molecular weight excluding hydrogens is 360 g/mol. The Morgan fingerprint density at radius 3 is 2.75 bits per heavy atom. The first-order chi connectivity index (χ1) is 13.5. The number of anilines is 1. The summed E-state index contributed by atoms with van der Waals surface area (Å²) in [6.07, 6.45) is 1.77. The molecule has 0 saturated heterocycles. The van der Waals surface area contributed by atoms with Crippen molar-refractivity contribution in [2.24, 2.45) is 0 Å². The summed E-state index contributed by atoms with van der Waals surface area (Å²) in [6.45, 7) is 2.60. The van der Waals surface area contributed by atoms with Crippen LogP contribution in [-0.2, 0) is 9.63 Å². The maximum Gasteiger partial charge on any atom is 0.279 e. The second-order valence-corrected chi connectivity index (χ2v) is 6.08. The maximum absolute atomic E-state index is 12.8. The predicted octanol–water partition coefficient (Wildman–Crippen LogP) is 3.13. The molecule has 7 heteroatoms. The molecule has 0 bridgehead atoms. The third-order valence-electron chi connectivity index (χ3n) is 4.26. The molecule has 2 aromatic carbocycles. The number of carbonyl (C=O) groups is 2. The molecule has 3 rings (SSSR count). The minimum atomic E-state index is -0.362. The molecule has 28 heavy (non-hydrogen) atoms. The molecule has 7 nitrogen and oxygen atoms in total. The standard InChI is InChI=1S/C21H22N2O5/c1-4-27-16-9-10-19-14(12-16)11-15(13-28-19)20(24)22-18-8-6-5-7-17(18)21(25)23(2)26-3/h5-12H,4,13H2,1-3H3,(H,22,24). The number of rotatable bonds is 6. The van der Waals surface area contributed by atoms with Gasteiger partial charge in [0, 0.05) is 12.6 Å². The highest BCUT2D eigenvalue weighted by molar-refractivity contribution is 6.10. The van der Waals surface area contributed by atoms with Crippen LogP contribution in [0, 0.1) is 0 Å². The largest absolute Gasteiger partial charge is 0.494 e. The second kappa shape index (κ2) is 8.58. The molecule has 0 saturated carbocycles. The van der Waals surface area contributed by atoms with Gasteiger partial charge in [-0.3, -0.25) is 14.4 Å². The van der Waals surface area contributed by atoms with E-state index >= 15 is 0 Å². The Bertz CT molecular complexity index is 923. The molecule has 1 N–H and O–H groups in total. The van der Waals surface area contributed by atoms with Crippen LogP contribution in [0.15, 0.2) is 48.0 Å². The molecule has 0 spiro atoms. The zero-order chi connectivity index (χ0) is 20.1. The number of hydroxylamine groups is 2. The summed E-state index contributed by atoms with van der Waals surface area (Å²) in [5.41, 5.74) is 1.95. The lowest BCUT2D eigenvalue weighted by Gasteiger charge is -2.20. The van der Waals surface area contributed by atoms with Gasteiger partial charge in [-0.25, -0.2) is 5.06 Å². The first kappa shape index (κ1) is 19.4. The topological polar surface area (TPSA) is 77.1 Å². The average Bonchev–Trinajstić information content (AvgIpc) is 2.72. The van der Waals surface area contributed by atoms with Crippen molar-refractivity contribution in [1.29, 1.82) is 0 Å². The number of hydrogen-bond acceptors (Lipinski definition) is 5. The molecule has 0 aromatic heterocycles. The van der Waals surface area contributed by atoms with E-state index < -0.39 is 0 Å². The Kier molecular flexibility index (Phi) is 5.96. The van der Waals surface area contributed by atoms with Gasteiger partial charge in [0.1, 0.15) is 18.1 Å². The SMILES string of the molecule is CCOc1ccc2c(c1)C=C(C(=O)Nc1ccccc1C(=O)N(C)OC)CO2. The Balaban J connectivity index is 1.83. The van der Waals surface area contributed by atoms with Crippen molar-refractivity contribution in [2.45, 2.75) is 6.92 Å². The van der Waals surface area contributed by atoms with Gasteiger partial charge in [0.25, 0.3) is 11.8 Å². The molecule has 1 heterocycles. The lowest BCUT2D eigenvalue weighted by molar-refractivity contribution is -0.113. The predicted molar refractivity (Wildman–Crippen MR) is 105 cm³/mol. The van der Waals surface area contributed by atoms with E-state index in [-0.39, 0.29) is 18.4 Å². The Morgan fingerprint density at radius 2 is 2.00 bits per heavy atom. The smallest absolute Gasteiger partial charge is 0.279 e. The number of carbonyl (C=O) groups excluding carboxylic acids is 2. The van der Waals surface area contributed by atoms with E-state index in [0.29, 0.717) is 34.9 Å². The van der Waals surface area contributed by atoms with E-state index in [1.165, 1.54) is 14.2 Å². The van der Waals surface area contributed by atoms with Gasteiger partial charge in [0.2, 0.25) is 0 Å². The number of hydrogen-bond donors (Lipinski definition) is 1. The van der Waals surface area contributed by atoms with Crippen LogP contribution in [0.1, 0.15) is 22.8 Å². The van der Waals surface area contributed by atoms with Gasteiger partial charge in [-0.1, -0.05) is 12.1 Å². The van der Waals surface area contributed by atoms with Gasteiger partial charge < -0.3 is 14.8 Å². The van der Waals surface area contributed by atoms with Crippen LogP contribution in [0.5, 0.6) is 11.5 Å². The van der Waals surface area contributed by atoms with Gasteiger partial charge in [-0.2, -0.15) is 0 Å². The van der Waals surface area contributed by atoms with Crippen molar-refractivity contribution >= 4 is 23.6 Å². The molecule has 0 unspecified atom stereocenters. The van der Waals surface area contributed by atoms with Gasteiger partial charge in [0.15, 0.2) is 0 Å². The van der Waals surface area contributed by atoms with Crippen molar-refractivity contribution in [1.82, 2.24) is 5.06 Å². The quantitative estimate of drug-likeness (QED) is 0.777. The molecule has 146 valence electrons. The summed E-state index contributed by atoms with van der Waals surface area (Å²) in [5, 5.41) is 3.89. The van der Waals surface area contributed by atoms with E-state index in [0.717, 1.165) is 10.6 Å². The zero-order valence-electron chi connectivity index (χ0n) is 16.0. The normalized spacial score (nSPS) is 12.3. The number of fused-ring (bicyclic) bond motifs is 1. The molecular formula is C21H22N2O5. The van der Waals surface area contributed by atoms with E-state index in [1.807, 2.05) is 25.1 Å². The average molecular weight is 382 g/mol. The van der Waals surface area contributed by atoms with Gasteiger partial charge >= 0.3 is 0 Å². The number of nitrogens with zero attached hydrogens (tertiary/aromatic N) is 1. The summed E-state index contributed by atoms with van der Waals surface area (Å²) in [5.74, 6) is 0.699. The third kappa shape index (κ3) is 4.15. The number of benzene rings is 2. The van der Waals surface area contributed by atoms with E-state index in [4.69, 9.17) is 14.3 Å². The molecule has 0 atom stereocenters. The number of ether oxygens (including phenoxy) is 2. The van der Waals surface area contributed by atoms with E-state index in [9.17, 15) is 9.59 Å².